The quantitative estimate of drug-likeness (QED) is 0.131. The van der Waals surface area contributed by atoms with Crippen molar-refractivity contribution in [3.8, 4) is 11.5 Å². The van der Waals surface area contributed by atoms with Gasteiger partial charge in [0.15, 0.2) is 0 Å². The number of hydrogen-bond acceptors (Lipinski definition) is 5. The summed E-state index contributed by atoms with van der Waals surface area (Å²) in [6.45, 7) is 7.13. The first-order valence-corrected chi connectivity index (χ1v) is 18.1. The van der Waals surface area contributed by atoms with Crippen molar-refractivity contribution in [2.45, 2.75) is 57.6 Å². The normalized spacial score (nSPS) is 11.9. The highest BCUT2D eigenvalue weighted by atomic mass is 32.2. The number of carbonyl (C=O) groups excluding carboxylic acids is 2. The third-order valence-corrected chi connectivity index (χ3v) is 9.92. The van der Waals surface area contributed by atoms with Crippen molar-refractivity contribution in [1.29, 1.82) is 0 Å². The van der Waals surface area contributed by atoms with Crippen LogP contribution in [0.5, 0.6) is 11.5 Å². The summed E-state index contributed by atoms with van der Waals surface area (Å²) in [6.07, 6.45) is 0.243. The molecule has 1 N–H and O–H groups in total. The predicted molar refractivity (Wildman–Crippen MR) is 198 cm³/mol. The fourth-order valence-corrected chi connectivity index (χ4v) is 7.03. The van der Waals surface area contributed by atoms with E-state index in [4.69, 9.17) is 4.74 Å². The van der Waals surface area contributed by atoms with Gasteiger partial charge >= 0.3 is 0 Å². The number of benzene rings is 5. The Hall–Kier alpha value is -5.41. The maximum Gasteiger partial charge on any atom is 0.264 e. The lowest BCUT2D eigenvalue weighted by atomic mass is 10.0. The zero-order valence-corrected chi connectivity index (χ0v) is 29.6. The number of rotatable bonds is 14. The summed E-state index contributed by atoms with van der Waals surface area (Å²) >= 11 is 0. The highest BCUT2D eigenvalue weighted by molar-refractivity contribution is 7.92. The lowest BCUT2D eigenvalue weighted by Crippen LogP contribution is -2.54. The Kier molecular flexibility index (Phi) is 11.7. The van der Waals surface area contributed by atoms with Crippen LogP contribution in [0.4, 0.5) is 5.69 Å². The summed E-state index contributed by atoms with van der Waals surface area (Å²) in [5.41, 5.74) is 3.88. The van der Waals surface area contributed by atoms with E-state index < -0.39 is 28.5 Å². The van der Waals surface area contributed by atoms with Crippen molar-refractivity contribution < 1.29 is 22.7 Å². The number of anilines is 1. The molecule has 1 atom stereocenters. The number of carbonyl (C=O) groups is 2. The third-order valence-electron chi connectivity index (χ3n) is 8.13. The van der Waals surface area contributed by atoms with Crippen LogP contribution < -0.4 is 14.4 Å². The van der Waals surface area contributed by atoms with E-state index in [1.165, 1.54) is 17.0 Å². The molecular formula is C41H43N3O5S. The molecule has 0 aliphatic carbocycles. The van der Waals surface area contributed by atoms with Gasteiger partial charge in [-0.2, -0.15) is 0 Å². The number of nitrogens with one attached hydrogen (secondary N) is 1. The van der Waals surface area contributed by atoms with E-state index in [1.54, 1.807) is 36.4 Å². The Morgan fingerprint density at radius 1 is 0.700 bits per heavy atom. The van der Waals surface area contributed by atoms with Crippen molar-refractivity contribution in [3.63, 3.8) is 0 Å². The van der Waals surface area contributed by atoms with Gasteiger partial charge in [0, 0.05) is 19.0 Å². The second kappa shape index (κ2) is 16.3. The second-order valence-electron chi connectivity index (χ2n) is 12.6. The predicted octanol–water partition coefficient (Wildman–Crippen LogP) is 7.46. The van der Waals surface area contributed by atoms with E-state index in [0.29, 0.717) is 11.5 Å². The summed E-state index contributed by atoms with van der Waals surface area (Å²) in [5.74, 6) is 0.302. The van der Waals surface area contributed by atoms with Gasteiger partial charge in [0.2, 0.25) is 11.8 Å². The second-order valence-corrected chi connectivity index (χ2v) is 14.5. The van der Waals surface area contributed by atoms with Crippen molar-refractivity contribution in [1.82, 2.24) is 10.2 Å². The van der Waals surface area contributed by atoms with Crippen LogP contribution in [0.25, 0.3) is 0 Å². The number of aryl methyl sites for hydroxylation is 2. The molecule has 0 fully saturated rings. The third kappa shape index (κ3) is 9.39. The van der Waals surface area contributed by atoms with Gasteiger partial charge in [-0.15, -0.1) is 0 Å². The largest absolute Gasteiger partial charge is 0.457 e. The average molecular weight is 690 g/mol. The molecule has 8 nitrogen and oxygen atoms in total. The molecule has 0 aliphatic rings. The summed E-state index contributed by atoms with van der Waals surface area (Å²) in [6, 6.07) is 38.5. The molecule has 2 amide bonds. The Labute approximate surface area is 295 Å². The van der Waals surface area contributed by atoms with E-state index in [1.807, 2.05) is 113 Å². The van der Waals surface area contributed by atoms with Crippen LogP contribution >= 0.6 is 0 Å². The Morgan fingerprint density at radius 2 is 1.30 bits per heavy atom. The molecule has 5 rings (SSSR count). The van der Waals surface area contributed by atoms with Crippen molar-refractivity contribution in [3.05, 3.63) is 156 Å². The first kappa shape index (κ1) is 35.9. The highest BCUT2D eigenvalue weighted by Gasteiger charge is 2.35. The molecule has 0 heterocycles. The number of sulfonamides is 1. The van der Waals surface area contributed by atoms with Crippen molar-refractivity contribution in [2.75, 3.05) is 10.8 Å². The van der Waals surface area contributed by atoms with Crippen LogP contribution in [0.15, 0.2) is 138 Å². The topological polar surface area (TPSA) is 96.0 Å². The minimum absolute atomic E-state index is 0.0455. The molecule has 0 saturated carbocycles. The van der Waals surface area contributed by atoms with Gasteiger partial charge in [0.05, 0.1) is 10.6 Å². The Bertz CT molecular complexity index is 1980. The number of nitrogens with zero attached hydrogens (tertiary/aromatic N) is 2. The van der Waals surface area contributed by atoms with Crippen LogP contribution in [0.3, 0.4) is 0 Å². The minimum atomic E-state index is -4.23. The van der Waals surface area contributed by atoms with Crippen LogP contribution in [0.2, 0.25) is 0 Å². The van der Waals surface area contributed by atoms with Gasteiger partial charge in [0.1, 0.15) is 24.1 Å². The van der Waals surface area contributed by atoms with Gasteiger partial charge in [-0.3, -0.25) is 13.9 Å². The molecule has 50 heavy (non-hydrogen) atoms. The van der Waals surface area contributed by atoms with Gasteiger partial charge in [-0.05, 0) is 87.4 Å². The summed E-state index contributed by atoms with van der Waals surface area (Å²) in [4.78, 5) is 30.1. The summed E-state index contributed by atoms with van der Waals surface area (Å²) < 4.78 is 35.8. The minimum Gasteiger partial charge on any atom is -0.457 e. The Morgan fingerprint density at radius 3 is 1.92 bits per heavy atom. The molecule has 0 aromatic heterocycles. The fraction of sp³-hybridized carbons (Fsp3) is 0.220. The average Bonchev–Trinajstić information content (AvgIpc) is 3.10. The molecule has 0 radical (unpaired) electrons. The van der Waals surface area contributed by atoms with Crippen LogP contribution in [-0.4, -0.2) is 43.8 Å². The van der Waals surface area contributed by atoms with E-state index in [2.05, 4.69) is 5.32 Å². The number of amides is 2. The van der Waals surface area contributed by atoms with Crippen molar-refractivity contribution in [2.24, 2.45) is 0 Å². The zero-order chi connectivity index (χ0) is 35.7. The van der Waals surface area contributed by atoms with Crippen molar-refractivity contribution >= 4 is 27.5 Å². The van der Waals surface area contributed by atoms with E-state index >= 15 is 0 Å². The molecular weight excluding hydrogens is 647 g/mol. The SMILES string of the molecule is Cc1ccc(S(=O)(=O)N(CC(=O)N(Cc2cccc(C)c2)C(Cc2ccccc2)C(=O)NC(C)C)c2ccc(Oc3ccccc3)cc2)cc1. The van der Waals surface area contributed by atoms with Gasteiger partial charge in [-0.25, -0.2) is 8.42 Å². The van der Waals surface area contributed by atoms with Crippen LogP contribution in [0.1, 0.15) is 36.1 Å². The molecule has 1 unspecified atom stereocenters. The van der Waals surface area contributed by atoms with Gasteiger partial charge in [0.25, 0.3) is 10.0 Å². The van der Waals surface area contributed by atoms with E-state index in [0.717, 1.165) is 26.6 Å². The van der Waals surface area contributed by atoms with E-state index in [-0.39, 0.29) is 35.5 Å². The number of ether oxygens (including phenoxy) is 1. The Balaban J connectivity index is 1.56. The number of hydrogen-bond donors (Lipinski definition) is 1. The maximum atomic E-state index is 14.7. The standard InChI is InChI=1S/C41H43N3O5S/c1-30(2)42-41(46)39(27-33-13-7-5-8-14-33)43(28-34-15-11-12-32(4)26-34)40(45)29-44(50(47,48)38-24-18-31(3)19-25-38)35-20-22-37(23-21-35)49-36-16-9-6-10-17-36/h5-26,30,39H,27-29H2,1-4H3,(H,42,46). The molecule has 0 saturated heterocycles. The molecule has 0 spiro atoms. The van der Waals surface area contributed by atoms with Crippen LogP contribution in [0, 0.1) is 13.8 Å². The first-order valence-electron chi connectivity index (χ1n) is 16.6. The monoisotopic (exact) mass is 689 g/mol. The summed E-state index contributed by atoms with van der Waals surface area (Å²) in [7, 11) is -4.23. The lowest BCUT2D eigenvalue weighted by molar-refractivity contribution is -0.140. The molecule has 5 aromatic rings. The van der Waals surface area contributed by atoms with E-state index in [9.17, 15) is 18.0 Å². The van der Waals surface area contributed by atoms with Gasteiger partial charge < -0.3 is 15.0 Å². The smallest absolute Gasteiger partial charge is 0.264 e. The first-order chi connectivity index (χ1) is 24.0. The lowest BCUT2D eigenvalue weighted by Gasteiger charge is -2.34. The highest BCUT2D eigenvalue weighted by Crippen LogP contribution is 2.29. The molecule has 9 heteroatoms. The molecule has 5 aromatic carbocycles. The molecule has 258 valence electrons. The zero-order valence-electron chi connectivity index (χ0n) is 28.8. The maximum absolute atomic E-state index is 14.7. The number of para-hydroxylation sites is 1. The summed E-state index contributed by atoms with van der Waals surface area (Å²) in [5, 5.41) is 2.99. The molecule has 0 bridgehead atoms. The fourth-order valence-electron chi connectivity index (χ4n) is 5.61. The molecule has 0 aliphatic heterocycles. The van der Waals surface area contributed by atoms with Crippen LogP contribution in [-0.2, 0) is 32.6 Å². The van der Waals surface area contributed by atoms with Gasteiger partial charge in [-0.1, -0.05) is 96.1 Å².